The number of nitrogens with one attached hydrogen (secondary N) is 1. The van der Waals surface area contributed by atoms with E-state index in [2.05, 4.69) is 5.32 Å². The number of ether oxygens (including phenoxy) is 2. The Morgan fingerprint density at radius 1 is 0.964 bits per heavy atom. The van der Waals surface area contributed by atoms with E-state index in [1.165, 1.54) is 6.07 Å². The number of rotatable bonds is 9. The molecule has 3 rings (SSSR count). The van der Waals surface area contributed by atoms with Crippen molar-refractivity contribution >= 4 is 11.6 Å². The molecule has 28 heavy (non-hydrogen) atoms. The Labute approximate surface area is 170 Å². The van der Waals surface area contributed by atoms with Crippen LogP contribution in [0.3, 0.4) is 0 Å². The summed E-state index contributed by atoms with van der Waals surface area (Å²) in [4.78, 5) is 0. The molecule has 5 heteroatoms. The first-order chi connectivity index (χ1) is 13.7. The summed E-state index contributed by atoms with van der Waals surface area (Å²) >= 11 is 6.43. The molecule has 1 N–H and O–H groups in total. The molecule has 0 amide bonds. The minimum atomic E-state index is -0.172. The molecule has 0 fully saturated rings. The summed E-state index contributed by atoms with van der Waals surface area (Å²) in [6.45, 7) is 1.67. The Bertz CT molecular complexity index is 902. The maximum atomic E-state index is 13.7. The van der Waals surface area contributed by atoms with Gasteiger partial charge in [-0.25, -0.2) is 4.39 Å². The Morgan fingerprint density at radius 2 is 1.71 bits per heavy atom. The van der Waals surface area contributed by atoms with Crippen molar-refractivity contribution in [2.24, 2.45) is 0 Å². The van der Waals surface area contributed by atoms with Gasteiger partial charge >= 0.3 is 0 Å². The zero-order valence-electron chi connectivity index (χ0n) is 15.8. The lowest BCUT2D eigenvalue weighted by atomic mass is 10.1. The zero-order chi connectivity index (χ0) is 19.8. The van der Waals surface area contributed by atoms with E-state index in [9.17, 15) is 4.39 Å². The van der Waals surface area contributed by atoms with Crippen LogP contribution in [-0.2, 0) is 19.6 Å². The number of benzene rings is 3. The average Bonchev–Trinajstić information content (AvgIpc) is 2.72. The lowest BCUT2D eigenvalue weighted by Gasteiger charge is -2.15. The molecule has 3 aromatic carbocycles. The van der Waals surface area contributed by atoms with E-state index in [1.807, 2.05) is 48.5 Å². The topological polar surface area (TPSA) is 30.5 Å². The van der Waals surface area contributed by atoms with Crippen molar-refractivity contribution in [3.8, 4) is 11.5 Å². The summed E-state index contributed by atoms with van der Waals surface area (Å²) < 4.78 is 25.0. The first-order valence-electron chi connectivity index (χ1n) is 9.14. The second kappa shape index (κ2) is 10.1. The maximum absolute atomic E-state index is 13.7. The number of methoxy groups -OCH3 is 1. The second-order valence-electron chi connectivity index (χ2n) is 6.40. The fraction of sp³-hybridized carbons (Fsp3) is 0.217. The van der Waals surface area contributed by atoms with E-state index < -0.39 is 0 Å². The molecule has 0 saturated heterocycles. The van der Waals surface area contributed by atoms with Gasteiger partial charge in [-0.1, -0.05) is 60.1 Å². The molecule has 0 aliphatic heterocycles. The molecule has 0 saturated carbocycles. The first-order valence-corrected chi connectivity index (χ1v) is 9.52. The van der Waals surface area contributed by atoms with Crippen molar-refractivity contribution in [1.29, 1.82) is 0 Å². The molecule has 0 heterocycles. The van der Waals surface area contributed by atoms with Crippen LogP contribution in [0.5, 0.6) is 11.5 Å². The lowest BCUT2D eigenvalue weighted by molar-refractivity contribution is 0.284. The van der Waals surface area contributed by atoms with Crippen LogP contribution in [0.1, 0.15) is 16.7 Å². The number of halogens is 2. The van der Waals surface area contributed by atoms with E-state index in [1.54, 1.807) is 19.2 Å². The molecule has 3 aromatic rings. The fourth-order valence-electron chi connectivity index (χ4n) is 2.90. The van der Waals surface area contributed by atoms with Gasteiger partial charge in [0.05, 0.1) is 12.1 Å². The minimum absolute atomic E-state index is 0.172. The second-order valence-corrected chi connectivity index (χ2v) is 6.81. The third-order valence-electron chi connectivity index (χ3n) is 4.37. The van der Waals surface area contributed by atoms with Crippen LogP contribution in [0, 0.1) is 5.82 Å². The minimum Gasteiger partial charge on any atom is -0.493 e. The Balaban J connectivity index is 1.58. The Hall–Kier alpha value is -2.56. The molecule has 3 nitrogen and oxygen atoms in total. The van der Waals surface area contributed by atoms with Gasteiger partial charge in [-0.3, -0.25) is 0 Å². The summed E-state index contributed by atoms with van der Waals surface area (Å²) in [5.74, 6) is 0.950. The SMILES string of the molecule is COc1cc(CNCCc2ccccc2F)cc(Cl)c1OCc1ccccc1. The van der Waals surface area contributed by atoms with Crippen molar-refractivity contribution in [2.45, 2.75) is 19.6 Å². The maximum Gasteiger partial charge on any atom is 0.180 e. The molecule has 0 aliphatic rings. The highest BCUT2D eigenvalue weighted by atomic mass is 35.5. The zero-order valence-corrected chi connectivity index (χ0v) is 16.5. The highest BCUT2D eigenvalue weighted by Crippen LogP contribution is 2.37. The monoisotopic (exact) mass is 399 g/mol. The molecular weight excluding hydrogens is 377 g/mol. The van der Waals surface area contributed by atoms with Crippen LogP contribution in [0.25, 0.3) is 0 Å². The number of hydrogen-bond donors (Lipinski definition) is 1. The molecule has 0 atom stereocenters. The average molecular weight is 400 g/mol. The van der Waals surface area contributed by atoms with Crippen LogP contribution >= 0.6 is 11.6 Å². The van der Waals surface area contributed by atoms with Gasteiger partial charge in [0.2, 0.25) is 0 Å². The van der Waals surface area contributed by atoms with Gasteiger partial charge < -0.3 is 14.8 Å². The molecule has 0 spiro atoms. The van der Waals surface area contributed by atoms with Crippen molar-refractivity contribution in [3.63, 3.8) is 0 Å². The molecule has 0 unspecified atom stereocenters. The third kappa shape index (κ3) is 5.47. The molecule has 0 aromatic heterocycles. The predicted octanol–water partition coefficient (Wildman–Crippen LogP) is 5.40. The van der Waals surface area contributed by atoms with Crippen molar-refractivity contribution in [1.82, 2.24) is 5.32 Å². The van der Waals surface area contributed by atoms with E-state index in [4.69, 9.17) is 21.1 Å². The van der Waals surface area contributed by atoms with Crippen molar-refractivity contribution in [3.05, 3.63) is 94.3 Å². The summed E-state index contributed by atoms with van der Waals surface area (Å²) in [6.07, 6.45) is 0.621. The predicted molar refractivity (Wildman–Crippen MR) is 111 cm³/mol. The van der Waals surface area contributed by atoms with E-state index in [0.29, 0.717) is 48.2 Å². The molecule has 0 radical (unpaired) electrons. The standard InChI is InChI=1S/C23H23ClFNO2/c1-27-22-14-18(15-26-12-11-19-9-5-6-10-21(19)25)13-20(24)23(22)28-16-17-7-3-2-4-8-17/h2-10,13-14,26H,11-12,15-16H2,1H3. The Morgan fingerprint density at radius 3 is 2.46 bits per heavy atom. The highest BCUT2D eigenvalue weighted by molar-refractivity contribution is 6.32. The van der Waals surface area contributed by atoms with Crippen LogP contribution in [-0.4, -0.2) is 13.7 Å². The van der Waals surface area contributed by atoms with Gasteiger partial charge in [-0.15, -0.1) is 0 Å². The fourth-order valence-corrected chi connectivity index (χ4v) is 3.19. The van der Waals surface area contributed by atoms with Gasteiger partial charge in [-0.2, -0.15) is 0 Å². The van der Waals surface area contributed by atoms with Gasteiger partial charge in [0.1, 0.15) is 12.4 Å². The lowest BCUT2D eigenvalue weighted by Crippen LogP contribution is -2.17. The molecule has 0 aliphatic carbocycles. The van der Waals surface area contributed by atoms with E-state index >= 15 is 0 Å². The summed E-state index contributed by atoms with van der Waals surface area (Å²) in [7, 11) is 1.59. The van der Waals surface area contributed by atoms with Crippen molar-refractivity contribution in [2.75, 3.05) is 13.7 Å². The van der Waals surface area contributed by atoms with Gasteiger partial charge in [0.15, 0.2) is 11.5 Å². The van der Waals surface area contributed by atoms with E-state index in [0.717, 1.165) is 11.1 Å². The summed E-state index contributed by atoms with van der Waals surface area (Å²) in [5.41, 5.74) is 2.73. The van der Waals surface area contributed by atoms with Crippen LogP contribution in [0.2, 0.25) is 5.02 Å². The van der Waals surface area contributed by atoms with Crippen molar-refractivity contribution < 1.29 is 13.9 Å². The van der Waals surface area contributed by atoms with E-state index in [-0.39, 0.29) is 5.82 Å². The molecule has 0 bridgehead atoms. The molecular formula is C23H23ClFNO2. The van der Waals surface area contributed by atoms with Gasteiger partial charge in [0.25, 0.3) is 0 Å². The highest BCUT2D eigenvalue weighted by Gasteiger charge is 2.12. The largest absolute Gasteiger partial charge is 0.493 e. The van der Waals surface area contributed by atoms with Gasteiger partial charge in [0, 0.05) is 6.54 Å². The Kier molecular flexibility index (Phi) is 7.29. The third-order valence-corrected chi connectivity index (χ3v) is 4.65. The molecule has 146 valence electrons. The summed E-state index contributed by atoms with van der Waals surface area (Å²) in [6, 6.07) is 20.5. The van der Waals surface area contributed by atoms with Gasteiger partial charge in [-0.05, 0) is 47.9 Å². The quantitative estimate of drug-likeness (QED) is 0.489. The van der Waals surface area contributed by atoms with Crippen LogP contribution < -0.4 is 14.8 Å². The normalized spacial score (nSPS) is 10.7. The summed E-state index contributed by atoms with van der Waals surface area (Å²) in [5, 5.41) is 3.81. The van der Waals surface area contributed by atoms with Crippen LogP contribution in [0.15, 0.2) is 66.7 Å². The van der Waals surface area contributed by atoms with Crippen LogP contribution in [0.4, 0.5) is 4.39 Å². The first kappa shape index (κ1) is 20.2. The number of hydrogen-bond acceptors (Lipinski definition) is 3. The smallest absolute Gasteiger partial charge is 0.180 e.